The van der Waals surface area contributed by atoms with Crippen molar-refractivity contribution in [2.24, 2.45) is 0 Å². The van der Waals surface area contributed by atoms with Crippen LogP contribution in [0.4, 0.5) is 15.9 Å². The number of methoxy groups -OCH3 is 1. The number of carbonyl (C=O) groups excluding carboxylic acids is 1. The number of hydrogen-bond donors (Lipinski definition) is 2. The molecule has 0 aliphatic rings. The van der Waals surface area contributed by atoms with Gasteiger partial charge in [-0.15, -0.1) is 0 Å². The quantitative estimate of drug-likeness (QED) is 0.611. The van der Waals surface area contributed by atoms with Crippen LogP contribution in [0.15, 0.2) is 65.7 Å². The van der Waals surface area contributed by atoms with E-state index >= 15 is 0 Å². The Morgan fingerprint density at radius 1 is 1.14 bits per heavy atom. The summed E-state index contributed by atoms with van der Waals surface area (Å²) in [4.78, 5) is 16.4. The van der Waals surface area contributed by atoms with Gasteiger partial charge in [0.25, 0.3) is 15.9 Å². The first kappa shape index (κ1) is 20.6. The number of amides is 1. The lowest BCUT2D eigenvalue weighted by Crippen LogP contribution is -2.16. The summed E-state index contributed by atoms with van der Waals surface area (Å²) in [6.07, 6.45) is 1.49. The molecule has 0 saturated heterocycles. The Labute approximate surface area is 171 Å². The van der Waals surface area contributed by atoms with Crippen LogP contribution < -0.4 is 14.8 Å². The molecule has 150 valence electrons. The molecule has 10 heteroatoms. The van der Waals surface area contributed by atoms with Crippen molar-refractivity contribution < 1.29 is 22.3 Å². The smallest absolute Gasteiger partial charge is 0.261 e. The average molecular weight is 436 g/mol. The number of ether oxygens (including phenoxy) is 1. The summed E-state index contributed by atoms with van der Waals surface area (Å²) < 4.78 is 45.5. The number of nitrogens with one attached hydrogen (secondary N) is 2. The van der Waals surface area contributed by atoms with Gasteiger partial charge in [-0.05, 0) is 54.6 Å². The van der Waals surface area contributed by atoms with Gasteiger partial charge in [-0.3, -0.25) is 9.52 Å². The summed E-state index contributed by atoms with van der Waals surface area (Å²) in [7, 11) is -2.59. The van der Waals surface area contributed by atoms with E-state index in [0.29, 0.717) is 5.75 Å². The molecule has 0 spiro atoms. The molecule has 0 bridgehead atoms. The van der Waals surface area contributed by atoms with Crippen LogP contribution in [0.25, 0.3) is 0 Å². The lowest BCUT2D eigenvalue weighted by Gasteiger charge is -2.12. The molecule has 7 nitrogen and oxygen atoms in total. The molecule has 1 heterocycles. The Kier molecular flexibility index (Phi) is 6.00. The van der Waals surface area contributed by atoms with Crippen molar-refractivity contribution in [3.63, 3.8) is 0 Å². The molecule has 0 aliphatic heterocycles. The Hall–Kier alpha value is -3.17. The van der Waals surface area contributed by atoms with E-state index in [9.17, 15) is 17.6 Å². The van der Waals surface area contributed by atoms with E-state index in [1.54, 1.807) is 12.1 Å². The first-order chi connectivity index (χ1) is 13.8. The molecule has 0 radical (unpaired) electrons. The first-order valence-electron chi connectivity index (χ1n) is 8.18. The maximum atomic E-state index is 13.0. The van der Waals surface area contributed by atoms with Crippen molar-refractivity contribution in [3.8, 4) is 5.75 Å². The second-order valence-corrected chi connectivity index (χ2v) is 7.85. The van der Waals surface area contributed by atoms with E-state index in [1.165, 1.54) is 31.5 Å². The van der Waals surface area contributed by atoms with Gasteiger partial charge in [0.05, 0.1) is 22.7 Å². The van der Waals surface area contributed by atoms with Crippen molar-refractivity contribution in [2.75, 3.05) is 17.1 Å². The summed E-state index contributed by atoms with van der Waals surface area (Å²) in [5.41, 5.74) is 0.135. The van der Waals surface area contributed by atoms with Gasteiger partial charge in [0.2, 0.25) is 0 Å². The lowest BCUT2D eigenvalue weighted by atomic mass is 10.2. The van der Waals surface area contributed by atoms with Gasteiger partial charge < -0.3 is 10.1 Å². The van der Waals surface area contributed by atoms with Crippen molar-refractivity contribution in [2.45, 2.75) is 4.90 Å². The molecule has 1 amide bonds. The van der Waals surface area contributed by atoms with Gasteiger partial charge in [0.15, 0.2) is 11.6 Å². The molecule has 1 aromatic heterocycles. The largest absolute Gasteiger partial charge is 0.493 e. The highest BCUT2D eigenvalue weighted by Gasteiger charge is 2.18. The van der Waals surface area contributed by atoms with Crippen LogP contribution in [0.3, 0.4) is 0 Å². The molecule has 0 atom stereocenters. The molecule has 0 aliphatic carbocycles. The number of sulfonamides is 1. The van der Waals surface area contributed by atoms with Gasteiger partial charge >= 0.3 is 0 Å². The second-order valence-electron chi connectivity index (χ2n) is 5.76. The number of rotatable bonds is 6. The van der Waals surface area contributed by atoms with Crippen molar-refractivity contribution in [3.05, 3.63) is 77.2 Å². The third kappa shape index (κ3) is 4.82. The maximum absolute atomic E-state index is 13.0. The SMILES string of the molecule is COc1cccnc1NC(=O)c1ccc(Cl)c(NS(=O)(=O)c2ccc(F)cc2)c1. The second kappa shape index (κ2) is 8.46. The predicted molar refractivity (Wildman–Crippen MR) is 107 cm³/mol. The Bertz CT molecular complexity index is 1150. The van der Waals surface area contributed by atoms with Crippen LogP contribution in [0.1, 0.15) is 10.4 Å². The standard InChI is InChI=1S/C19H15ClFN3O4S/c1-28-17-3-2-10-22-18(17)23-19(25)12-4-9-15(20)16(11-12)24-29(26,27)14-7-5-13(21)6-8-14/h2-11,24H,1H3,(H,22,23,25). The molecule has 3 rings (SSSR count). The van der Waals surface area contributed by atoms with E-state index in [-0.39, 0.29) is 27.0 Å². The molecular weight excluding hydrogens is 421 g/mol. The topological polar surface area (TPSA) is 97.4 Å². The van der Waals surface area contributed by atoms with Gasteiger partial charge in [-0.2, -0.15) is 0 Å². The zero-order valence-corrected chi connectivity index (χ0v) is 16.6. The van der Waals surface area contributed by atoms with E-state index in [0.717, 1.165) is 24.3 Å². The minimum atomic E-state index is -4.03. The van der Waals surface area contributed by atoms with Gasteiger partial charge in [0.1, 0.15) is 5.82 Å². The molecule has 0 saturated carbocycles. The summed E-state index contributed by atoms with van der Waals surface area (Å²) in [6.45, 7) is 0. The minimum absolute atomic E-state index is 0.00312. The van der Waals surface area contributed by atoms with Gasteiger partial charge in [-0.25, -0.2) is 17.8 Å². The molecule has 0 unspecified atom stereocenters. The van der Waals surface area contributed by atoms with Crippen LogP contribution in [-0.2, 0) is 10.0 Å². The highest BCUT2D eigenvalue weighted by atomic mass is 35.5. The van der Waals surface area contributed by atoms with Crippen LogP contribution >= 0.6 is 11.6 Å². The number of halogens is 2. The van der Waals surface area contributed by atoms with E-state index in [1.807, 2.05) is 0 Å². The number of carbonyl (C=O) groups is 1. The Morgan fingerprint density at radius 2 is 1.86 bits per heavy atom. The number of hydrogen-bond acceptors (Lipinski definition) is 5. The maximum Gasteiger partial charge on any atom is 0.261 e. The average Bonchev–Trinajstić information content (AvgIpc) is 2.70. The number of anilines is 2. The van der Waals surface area contributed by atoms with Crippen LogP contribution in [0, 0.1) is 5.82 Å². The van der Waals surface area contributed by atoms with Crippen LogP contribution in [0.5, 0.6) is 5.75 Å². The number of nitrogens with zero attached hydrogens (tertiary/aromatic N) is 1. The number of benzene rings is 2. The molecule has 29 heavy (non-hydrogen) atoms. The number of aromatic nitrogens is 1. The van der Waals surface area contributed by atoms with E-state index < -0.39 is 21.7 Å². The summed E-state index contributed by atoms with van der Waals surface area (Å²) in [6, 6.07) is 11.7. The normalized spacial score (nSPS) is 11.0. The molecule has 2 N–H and O–H groups in total. The minimum Gasteiger partial charge on any atom is -0.493 e. The Balaban J connectivity index is 1.86. The highest BCUT2D eigenvalue weighted by molar-refractivity contribution is 7.92. The van der Waals surface area contributed by atoms with Crippen molar-refractivity contribution in [1.82, 2.24) is 4.98 Å². The van der Waals surface area contributed by atoms with Crippen LogP contribution in [0.2, 0.25) is 5.02 Å². The zero-order valence-electron chi connectivity index (χ0n) is 15.0. The fraction of sp³-hybridized carbons (Fsp3) is 0.0526. The molecule has 0 fully saturated rings. The monoisotopic (exact) mass is 435 g/mol. The van der Waals surface area contributed by atoms with Gasteiger partial charge in [0, 0.05) is 11.8 Å². The third-order valence-corrected chi connectivity index (χ3v) is 5.53. The number of pyridine rings is 1. The first-order valence-corrected chi connectivity index (χ1v) is 10.0. The predicted octanol–water partition coefficient (Wildman–Crippen LogP) is 3.94. The fourth-order valence-corrected chi connectivity index (χ4v) is 3.68. The summed E-state index contributed by atoms with van der Waals surface area (Å²) in [5, 5.41) is 2.67. The van der Waals surface area contributed by atoms with Gasteiger partial charge in [-0.1, -0.05) is 11.6 Å². The highest BCUT2D eigenvalue weighted by Crippen LogP contribution is 2.27. The van der Waals surface area contributed by atoms with E-state index in [2.05, 4.69) is 15.0 Å². The fourth-order valence-electron chi connectivity index (χ4n) is 2.39. The van der Waals surface area contributed by atoms with Crippen molar-refractivity contribution >= 4 is 39.0 Å². The summed E-state index contributed by atoms with van der Waals surface area (Å²) >= 11 is 6.08. The lowest BCUT2D eigenvalue weighted by molar-refractivity contribution is 0.102. The zero-order chi connectivity index (χ0) is 21.0. The third-order valence-electron chi connectivity index (χ3n) is 3.82. The Morgan fingerprint density at radius 3 is 2.55 bits per heavy atom. The molecular formula is C19H15ClFN3O4S. The van der Waals surface area contributed by atoms with Crippen molar-refractivity contribution in [1.29, 1.82) is 0 Å². The molecule has 3 aromatic rings. The molecule has 2 aromatic carbocycles. The van der Waals surface area contributed by atoms with E-state index in [4.69, 9.17) is 16.3 Å². The summed E-state index contributed by atoms with van der Waals surface area (Å²) in [5.74, 6) is -0.526. The van der Waals surface area contributed by atoms with Crippen LogP contribution in [-0.4, -0.2) is 26.4 Å².